The molecule has 0 amide bonds. The fraction of sp³-hybridized carbons (Fsp3) is 0.333. The van der Waals surface area contributed by atoms with Crippen LogP contribution in [0.25, 0.3) is 11.0 Å². The molecule has 0 bridgehead atoms. The van der Waals surface area contributed by atoms with E-state index in [-0.39, 0.29) is 0 Å². The van der Waals surface area contributed by atoms with Crippen molar-refractivity contribution >= 4 is 23.0 Å². The van der Waals surface area contributed by atoms with Gasteiger partial charge < -0.3 is 9.88 Å². The van der Waals surface area contributed by atoms with Crippen LogP contribution in [0.1, 0.15) is 24.2 Å². The third kappa shape index (κ3) is 1.66. The van der Waals surface area contributed by atoms with E-state index < -0.39 is 0 Å². The Morgan fingerprint density at radius 3 is 2.88 bits per heavy atom. The third-order valence-corrected chi connectivity index (χ3v) is 2.46. The van der Waals surface area contributed by atoms with Crippen LogP contribution in [0.2, 0.25) is 0 Å². The van der Waals surface area contributed by atoms with Gasteiger partial charge in [-0.25, -0.2) is 4.98 Å². The summed E-state index contributed by atoms with van der Waals surface area (Å²) in [5, 5.41) is 4.22. The Labute approximate surface area is 94.3 Å². The molecular formula is C12H15N3O. The van der Waals surface area contributed by atoms with Crippen LogP contribution in [-0.4, -0.2) is 21.9 Å². The maximum absolute atomic E-state index is 11.0. The number of anilines is 1. The van der Waals surface area contributed by atoms with Crippen molar-refractivity contribution in [2.45, 2.75) is 19.9 Å². The summed E-state index contributed by atoms with van der Waals surface area (Å²) < 4.78 is 1.87. The summed E-state index contributed by atoms with van der Waals surface area (Å²) in [7, 11) is 1.89. The number of rotatable bonds is 3. The predicted octanol–water partition coefficient (Wildman–Crippen LogP) is 2.21. The lowest BCUT2D eigenvalue weighted by atomic mass is 10.2. The number of hydrogen-bond donors (Lipinski definition) is 1. The van der Waals surface area contributed by atoms with Crippen LogP contribution in [0.4, 0.5) is 5.69 Å². The molecule has 4 heteroatoms. The quantitative estimate of drug-likeness (QED) is 0.802. The van der Waals surface area contributed by atoms with E-state index in [2.05, 4.69) is 24.1 Å². The highest BCUT2D eigenvalue weighted by Gasteiger charge is 2.11. The van der Waals surface area contributed by atoms with Gasteiger partial charge in [-0.1, -0.05) is 0 Å². The number of aldehydes is 1. The minimum Gasteiger partial charge on any atom is -0.382 e. The summed E-state index contributed by atoms with van der Waals surface area (Å²) in [6, 6.07) is 2.22. The molecule has 0 atom stereocenters. The molecule has 2 heterocycles. The molecule has 0 saturated carbocycles. The van der Waals surface area contributed by atoms with Gasteiger partial charge in [-0.05, 0) is 19.9 Å². The van der Waals surface area contributed by atoms with Crippen LogP contribution in [0.3, 0.4) is 0 Å². The van der Waals surface area contributed by atoms with E-state index in [1.54, 1.807) is 12.4 Å². The van der Waals surface area contributed by atoms with Crippen LogP contribution in [-0.2, 0) is 7.05 Å². The molecule has 0 spiro atoms. The number of aromatic nitrogens is 2. The van der Waals surface area contributed by atoms with Gasteiger partial charge in [0, 0.05) is 36.7 Å². The average Bonchev–Trinajstić information content (AvgIpc) is 2.56. The zero-order valence-corrected chi connectivity index (χ0v) is 9.69. The smallest absolute Gasteiger partial charge is 0.152 e. The second-order valence-corrected chi connectivity index (χ2v) is 4.17. The van der Waals surface area contributed by atoms with Crippen LogP contribution in [0.5, 0.6) is 0 Å². The summed E-state index contributed by atoms with van der Waals surface area (Å²) in [5.41, 5.74) is 2.46. The van der Waals surface area contributed by atoms with E-state index in [1.165, 1.54) is 0 Å². The fourth-order valence-electron chi connectivity index (χ4n) is 1.86. The normalized spacial score (nSPS) is 11.0. The van der Waals surface area contributed by atoms with E-state index >= 15 is 0 Å². The van der Waals surface area contributed by atoms with Crippen LogP contribution < -0.4 is 5.32 Å². The number of pyridine rings is 1. The van der Waals surface area contributed by atoms with Gasteiger partial charge in [0.1, 0.15) is 5.65 Å². The van der Waals surface area contributed by atoms with E-state index in [4.69, 9.17) is 0 Å². The van der Waals surface area contributed by atoms with Crippen molar-refractivity contribution in [2.24, 2.45) is 7.05 Å². The highest BCUT2D eigenvalue weighted by molar-refractivity contribution is 6.03. The van der Waals surface area contributed by atoms with E-state index in [0.29, 0.717) is 11.6 Å². The molecule has 0 aliphatic rings. The summed E-state index contributed by atoms with van der Waals surface area (Å²) in [5.74, 6) is 0. The zero-order valence-electron chi connectivity index (χ0n) is 9.69. The first-order chi connectivity index (χ1) is 7.63. The molecule has 0 saturated heterocycles. The highest BCUT2D eigenvalue weighted by Crippen LogP contribution is 2.26. The van der Waals surface area contributed by atoms with Gasteiger partial charge in [-0.2, -0.15) is 0 Å². The van der Waals surface area contributed by atoms with Gasteiger partial charge in [0.15, 0.2) is 6.29 Å². The summed E-state index contributed by atoms with van der Waals surface area (Å²) >= 11 is 0. The average molecular weight is 217 g/mol. The maximum Gasteiger partial charge on any atom is 0.152 e. The predicted molar refractivity (Wildman–Crippen MR) is 64.9 cm³/mol. The number of carbonyl (C=O) groups is 1. The molecule has 2 aromatic heterocycles. The van der Waals surface area contributed by atoms with Crippen LogP contribution in [0, 0.1) is 0 Å². The van der Waals surface area contributed by atoms with Gasteiger partial charge in [-0.15, -0.1) is 0 Å². The summed E-state index contributed by atoms with van der Waals surface area (Å²) in [6.45, 7) is 4.13. The molecule has 16 heavy (non-hydrogen) atoms. The Morgan fingerprint density at radius 1 is 1.50 bits per heavy atom. The van der Waals surface area contributed by atoms with Crippen LogP contribution >= 0.6 is 0 Å². The Hall–Kier alpha value is -1.84. The topological polar surface area (TPSA) is 46.9 Å². The molecule has 4 nitrogen and oxygen atoms in total. The van der Waals surface area contributed by atoms with Gasteiger partial charge >= 0.3 is 0 Å². The monoisotopic (exact) mass is 217 g/mol. The van der Waals surface area contributed by atoms with Gasteiger partial charge in [0.05, 0.1) is 5.39 Å². The van der Waals surface area contributed by atoms with Crippen molar-refractivity contribution < 1.29 is 4.79 Å². The molecular weight excluding hydrogens is 202 g/mol. The van der Waals surface area contributed by atoms with Gasteiger partial charge in [0.25, 0.3) is 0 Å². The highest BCUT2D eigenvalue weighted by atomic mass is 16.1. The first-order valence-electron chi connectivity index (χ1n) is 5.29. The van der Waals surface area contributed by atoms with Crippen molar-refractivity contribution in [3.8, 4) is 0 Å². The van der Waals surface area contributed by atoms with Gasteiger partial charge in [-0.3, -0.25) is 4.79 Å². The lowest BCUT2D eigenvalue weighted by Gasteiger charge is -2.11. The van der Waals surface area contributed by atoms with E-state index in [0.717, 1.165) is 23.0 Å². The fourth-order valence-corrected chi connectivity index (χ4v) is 1.86. The molecule has 0 unspecified atom stereocenters. The molecule has 0 radical (unpaired) electrons. The number of carbonyl (C=O) groups excluding carboxylic acids is 1. The Bertz CT molecular complexity index is 528. The molecule has 0 fully saturated rings. The Morgan fingerprint density at radius 2 is 2.25 bits per heavy atom. The SMILES string of the molecule is CC(C)Nc1ccnc2c1c(C=O)cn2C. The lowest BCUT2D eigenvalue weighted by Crippen LogP contribution is -2.10. The Kier molecular flexibility index (Phi) is 2.64. The molecule has 1 N–H and O–H groups in total. The lowest BCUT2D eigenvalue weighted by molar-refractivity contribution is 0.112. The van der Waals surface area contributed by atoms with Crippen molar-refractivity contribution in [1.29, 1.82) is 0 Å². The second kappa shape index (κ2) is 3.96. The number of aryl methyl sites for hydroxylation is 1. The van der Waals surface area contributed by atoms with Crippen LogP contribution in [0.15, 0.2) is 18.5 Å². The summed E-state index contributed by atoms with van der Waals surface area (Å²) in [4.78, 5) is 15.3. The molecule has 2 aromatic rings. The first-order valence-corrected chi connectivity index (χ1v) is 5.29. The third-order valence-electron chi connectivity index (χ3n) is 2.46. The number of hydrogen-bond acceptors (Lipinski definition) is 3. The molecule has 0 aliphatic heterocycles. The minimum absolute atomic E-state index is 0.324. The zero-order chi connectivity index (χ0) is 11.7. The van der Waals surface area contributed by atoms with Crippen molar-refractivity contribution in [1.82, 2.24) is 9.55 Å². The molecule has 0 aliphatic carbocycles. The second-order valence-electron chi connectivity index (χ2n) is 4.17. The Balaban J connectivity index is 2.69. The molecule has 2 rings (SSSR count). The van der Waals surface area contributed by atoms with Crippen molar-refractivity contribution in [3.63, 3.8) is 0 Å². The van der Waals surface area contributed by atoms with Crippen molar-refractivity contribution in [3.05, 3.63) is 24.0 Å². The summed E-state index contributed by atoms with van der Waals surface area (Å²) in [6.07, 6.45) is 4.42. The largest absolute Gasteiger partial charge is 0.382 e. The molecule has 84 valence electrons. The number of fused-ring (bicyclic) bond motifs is 1. The standard InChI is InChI=1S/C12H15N3O/c1-8(2)14-10-4-5-13-12-11(10)9(7-16)6-15(12)3/h4-8H,1-3H3,(H,13,14). The molecule has 0 aromatic carbocycles. The van der Waals surface area contributed by atoms with E-state index in [1.807, 2.05) is 17.7 Å². The van der Waals surface area contributed by atoms with E-state index in [9.17, 15) is 4.79 Å². The maximum atomic E-state index is 11.0. The first kappa shape index (κ1) is 10.7. The van der Waals surface area contributed by atoms with Gasteiger partial charge in [0.2, 0.25) is 0 Å². The number of nitrogens with zero attached hydrogens (tertiary/aromatic N) is 2. The van der Waals surface area contributed by atoms with Crippen molar-refractivity contribution in [2.75, 3.05) is 5.32 Å². The minimum atomic E-state index is 0.324. The number of nitrogens with one attached hydrogen (secondary N) is 1.